The zero-order valence-corrected chi connectivity index (χ0v) is 16.8. The Balaban J connectivity index is 1.46. The van der Waals surface area contributed by atoms with Gasteiger partial charge in [-0.05, 0) is 36.6 Å². The number of amides is 1. The van der Waals surface area contributed by atoms with Crippen LogP contribution in [-0.4, -0.2) is 51.8 Å². The number of fused-ring (bicyclic) bond motifs is 1. The molecule has 6 nitrogen and oxygen atoms in total. The second-order valence-corrected chi connectivity index (χ2v) is 7.86. The summed E-state index contributed by atoms with van der Waals surface area (Å²) in [7, 11) is 0. The van der Waals surface area contributed by atoms with Gasteiger partial charge in [0.25, 0.3) is 0 Å². The van der Waals surface area contributed by atoms with Crippen LogP contribution in [0.3, 0.4) is 0 Å². The van der Waals surface area contributed by atoms with Crippen molar-refractivity contribution in [1.82, 2.24) is 25.0 Å². The molecule has 0 fully saturated rings. The fourth-order valence-corrected chi connectivity index (χ4v) is 3.44. The Morgan fingerprint density at radius 3 is 2.71 bits per heavy atom. The van der Waals surface area contributed by atoms with Crippen molar-refractivity contribution in [2.24, 2.45) is 5.92 Å². The number of nitrogens with one attached hydrogen (secondary N) is 1. The van der Waals surface area contributed by atoms with Crippen molar-refractivity contribution in [3.8, 4) is 0 Å². The van der Waals surface area contributed by atoms with Crippen molar-refractivity contribution < 1.29 is 9.18 Å². The minimum atomic E-state index is -0.292. The lowest BCUT2D eigenvalue weighted by atomic mass is 10.1. The maximum atomic E-state index is 12.9. The third-order valence-electron chi connectivity index (χ3n) is 5.17. The normalized spacial score (nSPS) is 14.7. The molecule has 1 aliphatic heterocycles. The van der Waals surface area contributed by atoms with E-state index in [9.17, 15) is 9.18 Å². The minimum absolute atomic E-state index is 0.0675. The smallest absolute Gasteiger partial charge is 0.224 e. The molecule has 2 heterocycles. The lowest BCUT2D eigenvalue weighted by Gasteiger charge is -2.20. The van der Waals surface area contributed by atoms with E-state index in [1.54, 1.807) is 12.1 Å². The molecule has 1 amide bonds. The van der Waals surface area contributed by atoms with Gasteiger partial charge in [0.05, 0.1) is 6.42 Å². The van der Waals surface area contributed by atoms with E-state index in [0.717, 1.165) is 55.7 Å². The average Bonchev–Trinajstić information content (AvgIpc) is 2.92. The molecule has 0 atom stereocenters. The number of carbonyl (C=O) groups excluding carboxylic acids is 1. The number of aromatic nitrogens is 3. The Hall–Kier alpha value is -2.28. The van der Waals surface area contributed by atoms with E-state index < -0.39 is 0 Å². The van der Waals surface area contributed by atoms with Crippen molar-refractivity contribution in [2.45, 2.75) is 46.1 Å². The number of carbonyl (C=O) groups is 1. The van der Waals surface area contributed by atoms with Crippen LogP contribution in [0.25, 0.3) is 0 Å². The molecule has 1 aromatic heterocycles. The molecule has 0 bridgehead atoms. The molecule has 1 aliphatic rings. The van der Waals surface area contributed by atoms with Gasteiger partial charge in [0.15, 0.2) is 0 Å². The molecule has 0 unspecified atom stereocenters. The largest absolute Gasteiger partial charge is 0.355 e. The summed E-state index contributed by atoms with van der Waals surface area (Å²) in [6.45, 7) is 9.12. The first kappa shape index (κ1) is 20.5. The van der Waals surface area contributed by atoms with Crippen molar-refractivity contribution >= 4 is 5.91 Å². The van der Waals surface area contributed by atoms with Crippen LogP contribution >= 0.6 is 0 Å². The number of nitrogens with zero attached hydrogens (tertiary/aromatic N) is 4. The number of hydrogen-bond acceptors (Lipinski definition) is 4. The topological polar surface area (TPSA) is 63.1 Å². The monoisotopic (exact) mass is 387 g/mol. The summed E-state index contributed by atoms with van der Waals surface area (Å²) in [6.07, 6.45) is 3.05. The maximum Gasteiger partial charge on any atom is 0.224 e. The standard InChI is InChI=1S/C21H30FN5O/c1-16(2)8-11-26-12-9-20-25-24-19(27(20)14-13-26)7-10-23-21(28)15-17-3-5-18(22)6-4-17/h3-6,16H,7-15H2,1-2H3,(H,23,28). The Labute approximate surface area is 166 Å². The fraction of sp³-hybridized carbons (Fsp3) is 0.571. The molecule has 0 spiro atoms. The van der Waals surface area contributed by atoms with Gasteiger partial charge in [-0.2, -0.15) is 0 Å². The number of halogens is 1. The van der Waals surface area contributed by atoms with E-state index in [-0.39, 0.29) is 18.1 Å². The van der Waals surface area contributed by atoms with E-state index in [2.05, 4.69) is 38.8 Å². The molecule has 2 aromatic rings. The molecule has 7 heteroatoms. The summed E-state index contributed by atoms with van der Waals surface area (Å²) in [6, 6.07) is 6.02. The summed E-state index contributed by atoms with van der Waals surface area (Å²) in [5, 5.41) is 11.6. The SMILES string of the molecule is CC(C)CCN1CCc2nnc(CCNC(=O)Cc3ccc(F)cc3)n2CC1. The van der Waals surface area contributed by atoms with Crippen LogP contribution in [0, 0.1) is 11.7 Å². The fourth-order valence-electron chi connectivity index (χ4n) is 3.44. The molecule has 28 heavy (non-hydrogen) atoms. The van der Waals surface area contributed by atoms with E-state index in [0.29, 0.717) is 13.0 Å². The number of benzene rings is 1. The quantitative estimate of drug-likeness (QED) is 0.754. The Bertz CT molecular complexity index is 772. The van der Waals surface area contributed by atoms with Crippen molar-refractivity contribution in [3.63, 3.8) is 0 Å². The lowest BCUT2D eigenvalue weighted by molar-refractivity contribution is -0.120. The predicted molar refractivity (Wildman–Crippen MR) is 106 cm³/mol. The van der Waals surface area contributed by atoms with Gasteiger partial charge in [0.2, 0.25) is 5.91 Å². The van der Waals surface area contributed by atoms with Crippen LogP contribution < -0.4 is 5.32 Å². The van der Waals surface area contributed by atoms with Crippen molar-refractivity contribution in [1.29, 1.82) is 0 Å². The molecule has 152 valence electrons. The van der Waals surface area contributed by atoms with Crippen LogP contribution in [0.1, 0.15) is 37.5 Å². The Morgan fingerprint density at radius 2 is 1.96 bits per heavy atom. The highest BCUT2D eigenvalue weighted by Gasteiger charge is 2.18. The van der Waals surface area contributed by atoms with Gasteiger partial charge in [-0.3, -0.25) is 4.79 Å². The molecule has 3 rings (SSSR count). The summed E-state index contributed by atoms with van der Waals surface area (Å²) < 4.78 is 15.1. The van der Waals surface area contributed by atoms with Crippen molar-refractivity contribution in [3.05, 3.63) is 47.3 Å². The van der Waals surface area contributed by atoms with Gasteiger partial charge >= 0.3 is 0 Å². The predicted octanol–water partition coefficient (Wildman–Crippen LogP) is 2.22. The van der Waals surface area contributed by atoms with E-state index >= 15 is 0 Å². The van der Waals surface area contributed by atoms with Gasteiger partial charge in [-0.25, -0.2) is 4.39 Å². The summed E-state index contributed by atoms with van der Waals surface area (Å²) in [5.74, 6) is 2.33. The van der Waals surface area contributed by atoms with Crippen LogP contribution in [0.4, 0.5) is 4.39 Å². The highest BCUT2D eigenvalue weighted by atomic mass is 19.1. The first-order valence-corrected chi connectivity index (χ1v) is 10.2. The third kappa shape index (κ3) is 5.86. The average molecular weight is 388 g/mol. The molecule has 0 saturated heterocycles. The molecule has 1 aromatic carbocycles. The summed E-state index contributed by atoms with van der Waals surface area (Å²) >= 11 is 0. The molecular formula is C21H30FN5O. The summed E-state index contributed by atoms with van der Waals surface area (Å²) in [4.78, 5) is 14.6. The zero-order chi connectivity index (χ0) is 19.9. The van der Waals surface area contributed by atoms with Gasteiger partial charge in [-0.15, -0.1) is 10.2 Å². The maximum absolute atomic E-state index is 12.9. The number of hydrogen-bond donors (Lipinski definition) is 1. The molecule has 0 saturated carbocycles. The minimum Gasteiger partial charge on any atom is -0.355 e. The van der Waals surface area contributed by atoms with E-state index in [4.69, 9.17) is 0 Å². The molecule has 0 radical (unpaired) electrons. The second-order valence-electron chi connectivity index (χ2n) is 7.86. The van der Waals surface area contributed by atoms with Crippen LogP contribution in [-0.2, 0) is 30.6 Å². The van der Waals surface area contributed by atoms with Crippen LogP contribution in [0.5, 0.6) is 0 Å². The van der Waals surface area contributed by atoms with Crippen molar-refractivity contribution in [2.75, 3.05) is 26.2 Å². The third-order valence-corrected chi connectivity index (χ3v) is 5.17. The highest BCUT2D eigenvalue weighted by Crippen LogP contribution is 2.11. The first-order chi connectivity index (χ1) is 13.5. The Morgan fingerprint density at radius 1 is 1.18 bits per heavy atom. The van der Waals surface area contributed by atoms with Gasteiger partial charge in [-0.1, -0.05) is 26.0 Å². The lowest BCUT2D eigenvalue weighted by Crippen LogP contribution is -2.29. The van der Waals surface area contributed by atoms with E-state index in [1.165, 1.54) is 18.6 Å². The zero-order valence-electron chi connectivity index (χ0n) is 16.8. The second kappa shape index (κ2) is 9.78. The number of rotatable bonds is 8. The summed E-state index contributed by atoms with van der Waals surface area (Å²) in [5.41, 5.74) is 0.803. The van der Waals surface area contributed by atoms with Crippen LogP contribution in [0.2, 0.25) is 0 Å². The van der Waals surface area contributed by atoms with Gasteiger partial charge < -0.3 is 14.8 Å². The van der Waals surface area contributed by atoms with Gasteiger partial charge in [0, 0.05) is 39.0 Å². The van der Waals surface area contributed by atoms with Crippen LogP contribution in [0.15, 0.2) is 24.3 Å². The molecule has 1 N–H and O–H groups in total. The molecule has 0 aliphatic carbocycles. The van der Waals surface area contributed by atoms with E-state index in [1.807, 2.05) is 0 Å². The molecular weight excluding hydrogens is 357 g/mol. The van der Waals surface area contributed by atoms with Gasteiger partial charge in [0.1, 0.15) is 17.5 Å². The highest BCUT2D eigenvalue weighted by molar-refractivity contribution is 5.78. The Kier molecular flexibility index (Phi) is 7.14. The first-order valence-electron chi connectivity index (χ1n) is 10.2.